The van der Waals surface area contributed by atoms with Crippen LogP contribution >= 0.6 is 0 Å². The van der Waals surface area contributed by atoms with Crippen LogP contribution in [-0.4, -0.2) is 25.0 Å². The lowest BCUT2D eigenvalue weighted by atomic mass is 10.1. The van der Waals surface area contributed by atoms with Gasteiger partial charge in [-0.1, -0.05) is 25.6 Å². The molecular formula is C8H13F3OSi. The van der Waals surface area contributed by atoms with E-state index < -0.39 is 19.9 Å². The van der Waals surface area contributed by atoms with Crippen molar-refractivity contribution in [1.82, 2.24) is 0 Å². The minimum Gasteiger partial charge on any atom is -0.370 e. The molecule has 1 N–H and O–H groups in total. The summed E-state index contributed by atoms with van der Waals surface area (Å²) >= 11 is 0. The molecule has 0 amide bonds. The van der Waals surface area contributed by atoms with Gasteiger partial charge in [-0.15, -0.1) is 5.54 Å². The fraction of sp³-hybridized carbons (Fsp3) is 0.750. The van der Waals surface area contributed by atoms with Gasteiger partial charge in [-0.05, 0) is 6.92 Å². The first-order chi connectivity index (χ1) is 5.46. The Morgan fingerprint density at radius 3 is 1.77 bits per heavy atom. The van der Waals surface area contributed by atoms with Crippen LogP contribution in [0.25, 0.3) is 0 Å². The van der Waals surface area contributed by atoms with Gasteiger partial charge < -0.3 is 5.11 Å². The Morgan fingerprint density at radius 2 is 1.54 bits per heavy atom. The average molecular weight is 210 g/mol. The van der Waals surface area contributed by atoms with Crippen molar-refractivity contribution in [3.8, 4) is 11.5 Å². The molecule has 0 saturated carbocycles. The Kier molecular flexibility index (Phi) is 3.23. The van der Waals surface area contributed by atoms with Crippen molar-refractivity contribution < 1.29 is 18.3 Å². The largest absolute Gasteiger partial charge is 0.428 e. The molecule has 0 aliphatic rings. The maximum Gasteiger partial charge on any atom is 0.428 e. The Morgan fingerprint density at radius 1 is 1.15 bits per heavy atom. The number of hydrogen-bond donors (Lipinski definition) is 1. The molecule has 0 aromatic rings. The molecule has 0 radical (unpaired) electrons. The van der Waals surface area contributed by atoms with Crippen molar-refractivity contribution in [3.63, 3.8) is 0 Å². The zero-order chi connectivity index (χ0) is 10.9. The molecule has 0 aliphatic heterocycles. The number of alkyl halides is 3. The molecule has 0 bridgehead atoms. The van der Waals surface area contributed by atoms with Crippen LogP contribution in [0.15, 0.2) is 0 Å². The van der Waals surface area contributed by atoms with Gasteiger partial charge in [0, 0.05) is 0 Å². The van der Waals surface area contributed by atoms with Gasteiger partial charge >= 0.3 is 6.18 Å². The van der Waals surface area contributed by atoms with Crippen LogP contribution in [0.4, 0.5) is 13.2 Å². The monoisotopic (exact) mass is 210 g/mol. The van der Waals surface area contributed by atoms with Crippen molar-refractivity contribution in [2.75, 3.05) is 0 Å². The van der Waals surface area contributed by atoms with Gasteiger partial charge in [-0.2, -0.15) is 13.2 Å². The number of halogens is 3. The summed E-state index contributed by atoms with van der Waals surface area (Å²) in [5, 5.41) is 8.94. The Labute approximate surface area is 77.0 Å². The zero-order valence-electron chi connectivity index (χ0n) is 8.08. The molecule has 0 fully saturated rings. The predicted molar refractivity (Wildman–Crippen MR) is 47.8 cm³/mol. The minimum atomic E-state index is -4.68. The van der Waals surface area contributed by atoms with Crippen molar-refractivity contribution in [1.29, 1.82) is 0 Å². The van der Waals surface area contributed by atoms with Crippen LogP contribution in [0, 0.1) is 11.5 Å². The summed E-state index contributed by atoms with van der Waals surface area (Å²) < 4.78 is 36.2. The average Bonchev–Trinajstić information content (AvgIpc) is 1.79. The molecule has 13 heavy (non-hydrogen) atoms. The van der Waals surface area contributed by atoms with Gasteiger partial charge in [-0.25, -0.2) is 0 Å². The summed E-state index contributed by atoms with van der Waals surface area (Å²) in [6.07, 6.45) is -4.68. The second-order valence-corrected chi connectivity index (χ2v) is 8.82. The Bertz CT molecular complexity index is 239. The fourth-order valence-corrected chi connectivity index (χ4v) is 0.998. The summed E-state index contributed by atoms with van der Waals surface area (Å²) in [6.45, 7) is 6.10. The fourth-order valence-electron chi connectivity index (χ4n) is 0.380. The van der Waals surface area contributed by atoms with Crippen LogP contribution in [-0.2, 0) is 0 Å². The molecule has 1 nitrogen and oxygen atoms in total. The highest BCUT2D eigenvalue weighted by molar-refractivity contribution is 6.83. The number of aliphatic hydroxyl groups is 1. The summed E-state index contributed by atoms with van der Waals surface area (Å²) in [4.78, 5) is 0. The molecule has 0 aliphatic carbocycles. The van der Waals surface area contributed by atoms with E-state index in [2.05, 4.69) is 5.54 Å². The van der Waals surface area contributed by atoms with Crippen molar-refractivity contribution in [2.45, 2.75) is 38.3 Å². The van der Waals surface area contributed by atoms with E-state index in [0.29, 0.717) is 6.92 Å². The highest BCUT2D eigenvalue weighted by Gasteiger charge is 2.49. The quantitative estimate of drug-likeness (QED) is 0.480. The highest BCUT2D eigenvalue weighted by Crippen LogP contribution is 2.29. The van der Waals surface area contributed by atoms with E-state index >= 15 is 0 Å². The first kappa shape index (κ1) is 12.5. The van der Waals surface area contributed by atoms with Crippen molar-refractivity contribution in [3.05, 3.63) is 0 Å². The third-order valence-corrected chi connectivity index (χ3v) is 2.11. The molecule has 0 rings (SSSR count). The minimum absolute atomic E-state index is 0.667. The lowest BCUT2D eigenvalue weighted by Gasteiger charge is -2.20. The molecule has 0 heterocycles. The van der Waals surface area contributed by atoms with Gasteiger partial charge in [0.25, 0.3) is 0 Å². The smallest absolute Gasteiger partial charge is 0.370 e. The summed E-state index contributed by atoms with van der Waals surface area (Å²) in [5.41, 5.74) is -0.394. The van der Waals surface area contributed by atoms with E-state index in [9.17, 15) is 13.2 Å². The lowest BCUT2D eigenvalue weighted by Crippen LogP contribution is -2.41. The van der Waals surface area contributed by atoms with E-state index in [1.165, 1.54) is 0 Å². The Balaban J connectivity index is 4.77. The number of hydrogen-bond acceptors (Lipinski definition) is 1. The van der Waals surface area contributed by atoms with Gasteiger partial charge in [0.1, 0.15) is 8.07 Å². The topological polar surface area (TPSA) is 20.2 Å². The van der Waals surface area contributed by atoms with E-state index in [-0.39, 0.29) is 0 Å². The summed E-state index contributed by atoms with van der Waals surface area (Å²) in [6, 6.07) is 0. The lowest BCUT2D eigenvalue weighted by molar-refractivity contribution is -0.228. The molecule has 0 spiro atoms. The van der Waals surface area contributed by atoms with Crippen LogP contribution < -0.4 is 0 Å². The van der Waals surface area contributed by atoms with E-state index in [1.54, 1.807) is 0 Å². The van der Waals surface area contributed by atoms with E-state index in [1.807, 2.05) is 25.6 Å². The normalized spacial score (nSPS) is 17.2. The van der Waals surface area contributed by atoms with Gasteiger partial charge in [0.15, 0.2) is 0 Å². The van der Waals surface area contributed by atoms with Crippen LogP contribution in [0.3, 0.4) is 0 Å². The summed E-state index contributed by atoms with van der Waals surface area (Å²) in [5.74, 6) is 1.88. The SMILES string of the molecule is C[C@@](O)(C#C[Si](C)(C)C)C(F)(F)F. The zero-order valence-corrected chi connectivity index (χ0v) is 9.08. The van der Waals surface area contributed by atoms with E-state index in [4.69, 9.17) is 5.11 Å². The molecule has 5 heteroatoms. The van der Waals surface area contributed by atoms with Gasteiger partial charge in [0.2, 0.25) is 5.60 Å². The number of rotatable bonds is 0. The first-order valence-corrected chi connectivity index (χ1v) is 7.29. The third-order valence-electron chi connectivity index (χ3n) is 1.23. The predicted octanol–water partition coefficient (Wildman–Crippen LogP) is 2.18. The molecular weight excluding hydrogens is 197 g/mol. The third kappa shape index (κ3) is 4.34. The Hall–Kier alpha value is -0.473. The molecule has 0 saturated heterocycles. The summed E-state index contributed by atoms with van der Waals surface area (Å²) in [7, 11) is -1.87. The van der Waals surface area contributed by atoms with Crippen LogP contribution in [0.1, 0.15) is 6.92 Å². The van der Waals surface area contributed by atoms with Crippen molar-refractivity contribution in [2.24, 2.45) is 0 Å². The molecule has 0 aromatic heterocycles. The molecule has 1 atom stereocenters. The maximum atomic E-state index is 12.1. The first-order valence-electron chi connectivity index (χ1n) is 3.79. The van der Waals surface area contributed by atoms with E-state index in [0.717, 1.165) is 0 Å². The van der Waals surface area contributed by atoms with Gasteiger partial charge in [0.05, 0.1) is 0 Å². The molecule has 0 unspecified atom stereocenters. The molecule has 0 aromatic carbocycles. The highest BCUT2D eigenvalue weighted by atomic mass is 28.3. The van der Waals surface area contributed by atoms with Crippen molar-refractivity contribution >= 4 is 8.07 Å². The maximum absolute atomic E-state index is 12.1. The van der Waals surface area contributed by atoms with Crippen LogP contribution in [0.5, 0.6) is 0 Å². The second-order valence-electron chi connectivity index (χ2n) is 4.07. The standard InChI is InChI=1S/C8H13F3OSi/c1-7(12,8(9,10)11)5-6-13(2,3)4/h12H,1-4H3/t7-/m1/s1. The van der Waals surface area contributed by atoms with Crippen LogP contribution in [0.2, 0.25) is 19.6 Å². The molecule has 76 valence electrons. The van der Waals surface area contributed by atoms with Gasteiger partial charge in [-0.3, -0.25) is 0 Å². The second kappa shape index (κ2) is 3.35.